The molecule has 0 unspecified atom stereocenters. The molecule has 6 heterocycles. The predicted octanol–water partition coefficient (Wildman–Crippen LogP) is 31.0. The second kappa shape index (κ2) is 28.1. The highest BCUT2D eigenvalue weighted by Crippen LogP contribution is 2.58. The van der Waals surface area contributed by atoms with E-state index in [1.54, 1.807) is 0 Å². The van der Waals surface area contributed by atoms with Crippen LogP contribution in [0.2, 0.25) is 0 Å². The van der Waals surface area contributed by atoms with Crippen molar-refractivity contribution < 1.29 is 8.83 Å². The summed E-state index contributed by atoms with van der Waals surface area (Å²) in [5.74, 6) is 0. The summed E-state index contributed by atoms with van der Waals surface area (Å²) < 4.78 is 19.3. The standard InChI is InChI=1S/C118H95BN4O2/c1-115(2,3)76-55-60-100-92(63-76)93-64-77(116(4,5)6)56-61-101(93)120(100)80-57-59-97-103(69-80)123(113-90(73-36-18-14-19-37-73)65-78(117(7,8)9)66-91(113)74-38-20-15-21-39-74)105-71-81(121-98-48-28-24-42-84(98)85-43-25-29-49-99(85)121)70-104-112(105)119(97)96-58-54-75(83-41-23-22-40-82(83)72-34-16-13-17-35-72)62-102(96)122(104)114-94(86-46-32-52-108-110(86)88-44-26-30-50-106(88)124-108)67-79(118(10,11)12)68-95(114)87-47-33-53-109-111(87)89-45-27-31-51-107(89)125-109/h13-71H,1-12H3. The molecular weight excluding hydrogens is 1520 g/mol. The van der Waals surface area contributed by atoms with Crippen molar-refractivity contribution in [1.29, 1.82) is 0 Å². The number of aromatic nitrogens is 2. The molecule has 0 N–H and O–H groups in total. The molecule has 0 atom stereocenters. The predicted molar refractivity (Wildman–Crippen MR) is 531 cm³/mol. The molecule has 0 radical (unpaired) electrons. The minimum absolute atomic E-state index is 0.0984. The summed E-state index contributed by atoms with van der Waals surface area (Å²) in [5, 5.41) is 9.05. The third kappa shape index (κ3) is 12.0. The molecule has 23 rings (SSSR count). The smallest absolute Gasteiger partial charge is 0.252 e. The zero-order valence-electron chi connectivity index (χ0n) is 72.7. The van der Waals surface area contributed by atoms with E-state index in [0.29, 0.717) is 0 Å². The van der Waals surface area contributed by atoms with Gasteiger partial charge >= 0.3 is 0 Å². The third-order valence-electron chi connectivity index (χ3n) is 26.9. The van der Waals surface area contributed by atoms with E-state index in [4.69, 9.17) is 8.83 Å². The Morgan fingerprint density at radius 1 is 0.224 bits per heavy atom. The molecule has 0 fully saturated rings. The Labute approximate surface area is 730 Å². The van der Waals surface area contributed by atoms with Gasteiger partial charge in [0, 0.05) is 93.8 Å². The fraction of sp³-hybridized carbons (Fsp3) is 0.136. The lowest BCUT2D eigenvalue weighted by molar-refractivity contribution is 0.590. The van der Waals surface area contributed by atoms with Crippen molar-refractivity contribution in [1.82, 2.24) is 9.13 Å². The molecule has 7 heteroatoms. The lowest BCUT2D eigenvalue weighted by Crippen LogP contribution is -2.61. The van der Waals surface area contributed by atoms with E-state index < -0.39 is 0 Å². The number of furan rings is 2. The van der Waals surface area contributed by atoms with Crippen molar-refractivity contribution in [3.63, 3.8) is 0 Å². The summed E-state index contributed by atoms with van der Waals surface area (Å²) in [7, 11) is 0. The molecule has 6 nitrogen and oxygen atoms in total. The monoisotopic (exact) mass is 1610 g/mol. The lowest BCUT2D eigenvalue weighted by Gasteiger charge is -2.46. The Morgan fingerprint density at radius 2 is 0.576 bits per heavy atom. The topological polar surface area (TPSA) is 42.6 Å². The fourth-order valence-electron chi connectivity index (χ4n) is 20.6. The van der Waals surface area contributed by atoms with E-state index in [9.17, 15) is 0 Å². The van der Waals surface area contributed by atoms with Gasteiger partial charge in [-0.05, 0) is 220 Å². The molecule has 0 amide bonds. The lowest BCUT2D eigenvalue weighted by atomic mass is 9.33. The summed E-state index contributed by atoms with van der Waals surface area (Å²) in [4.78, 5) is 5.50. The highest BCUT2D eigenvalue weighted by molar-refractivity contribution is 7.00. The second-order valence-electron chi connectivity index (χ2n) is 38.7. The average Bonchev–Trinajstić information content (AvgIpc) is 1.13. The van der Waals surface area contributed by atoms with Gasteiger partial charge in [0.1, 0.15) is 22.3 Å². The van der Waals surface area contributed by atoms with Gasteiger partial charge < -0.3 is 27.8 Å². The van der Waals surface area contributed by atoms with Crippen LogP contribution < -0.4 is 26.2 Å². The first kappa shape index (κ1) is 75.6. The van der Waals surface area contributed by atoms with Gasteiger partial charge in [0.15, 0.2) is 0 Å². The molecule has 4 aromatic heterocycles. The van der Waals surface area contributed by atoms with E-state index in [1.165, 1.54) is 60.2 Å². The van der Waals surface area contributed by atoms with Gasteiger partial charge in [0.05, 0.1) is 39.1 Å². The number of fused-ring (bicyclic) bond motifs is 16. The average molecular weight is 1610 g/mol. The van der Waals surface area contributed by atoms with Gasteiger partial charge in [0.2, 0.25) is 0 Å². The number of para-hydroxylation sites is 4. The van der Waals surface area contributed by atoms with Gasteiger partial charge in [-0.25, -0.2) is 0 Å². The number of hydrogen-bond acceptors (Lipinski definition) is 4. The maximum atomic E-state index is 7.08. The van der Waals surface area contributed by atoms with Crippen molar-refractivity contribution in [3.05, 3.63) is 380 Å². The van der Waals surface area contributed by atoms with Crippen molar-refractivity contribution >= 4 is 145 Å². The molecule has 0 spiro atoms. The normalized spacial score (nSPS) is 13.1. The van der Waals surface area contributed by atoms with Crippen LogP contribution >= 0.6 is 0 Å². The van der Waals surface area contributed by atoms with Gasteiger partial charge in [0.25, 0.3) is 6.71 Å². The van der Waals surface area contributed by atoms with Crippen LogP contribution in [0.3, 0.4) is 0 Å². The zero-order chi connectivity index (χ0) is 84.8. The van der Waals surface area contributed by atoms with E-state index in [1.807, 2.05) is 0 Å². The highest BCUT2D eigenvalue weighted by Gasteiger charge is 2.47. The Kier molecular flexibility index (Phi) is 17.0. The maximum Gasteiger partial charge on any atom is 0.252 e. The summed E-state index contributed by atoms with van der Waals surface area (Å²) in [6.07, 6.45) is 0. The first-order valence-electron chi connectivity index (χ1n) is 44.1. The Morgan fingerprint density at radius 3 is 1.05 bits per heavy atom. The van der Waals surface area contributed by atoms with Crippen molar-refractivity contribution in [3.8, 4) is 78.1 Å². The summed E-state index contributed by atoms with van der Waals surface area (Å²) in [5.41, 5.74) is 37.3. The minimum atomic E-state index is -0.378. The SMILES string of the molecule is CC(C)(C)c1cc(-c2ccccc2)c(N2c3cc(-n4c5ccc(C(C)(C)C)cc5c5cc(C(C)(C)C)ccc54)ccc3B3c4ccc(-c5ccccc5-c5ccccc5)cc4N(c4c(-c5cccc6oc7ccccc7c56)cc(C(C)(C)C)cc4-c4cccc5oc6ccccc6c45)c4cc(-n5c6ccccc6c6ccccc65)cc2c43)c(-c2ccccc2)c1. The van der Waals surface area contributed by atoms with Crippen LogP contribution in [0.4, 0.5) is 34.1 Å². The number of anilines is 6. The highest BCUT2D eigenvalue weighted by atomic mass is 16.3. The summed E-state index contributed by atoms with van der Waals surface area (Å²) in [6.45, 7) is 27.8. The van der Waals surface area contributed by atoms with Gasteiger partial charge in [-0.15, -0.1) is 0 Å². The van der Waals surface area contributed by atoms with Crippen LogP contribution in [0.5, 0.6) is 0 Å². The molecule has 2 aliphatic rings. The number of rotatable bonds is 10. The van der Waals surface area contributed by atoms with Crippen LogP contribution in [0.25, 0.3) is 166 Å². The van der Waals surface area contributed by atoms with Gasteiger partial charge in [-0.1, -0.05) is 326 Å². The number of hydrogen-bond donors (Lipinski definition) is 0. The van der Waals surface area contributed by atoms with Gasteiger partial charge in [-0.3, -0.25) is 0 Å². The molecule has 602 valence electrons. The molecule has 0 saturated carbocycles. The molecule has 0 saturated heterocycles. The Balaban J connectivity index is 0.944. The molecule has 21 aromatic rings. The molecule has 0 aliphatic carbocycles. The molecule has 0 bridgehead atoms. The first-order valence-corrected chi connectivity index (χ1v) is 44.1. The van der Waals surface area contributed by atoms with Crippen LogP contribution in [-0.2, 0) is 21.7 Å². The third-order valence-corrected chi connectivity index (χ3v) is 26.9. The van der Waals surface area contributed by atoms with E-state index in [-0.39, 0.29) is 28.4 Å². The quantitative estimate of drug-likeness (QED) is 0.128. The molecule has 2 aliphatic heterocycles. The first-order chi connectivity index (χ1) is 60.6. The fourth-order valence-corrected chi connectivity index (χ4v) is 20.6. The Bertz CT molecular complexity index is 7700. The van der Waals surface area contributed by atoms with Crippen LogP contribution in [-0.4, -0.2) is 15.8 Å². The Hall–Kier alpha value is -14.4. The van der Waals surface area contributed by atoms with E-state index >= 15 is 0 Å². The number of nitrogens with zero attached hydrogens (tertiary/aromatic N) is 4. The zero-order valence-corrected chi connectivity index (χ0v) is 72.7. The largest absolute Gasteiger partial charge is 0.456 e. The van der Waals surface area contributed by atoms with Crippen molar-refractivity contribution in [2.45, 2.75) is 105 Å². The van der Waals surface area contributed by atoms with Crippen LogP contribution in [0.1, 0.15) is 105 Å². The maximum absolute atomic E-state index is 7.08. The molecular formula is C118H95BN4O2. The van der Waals surface area contributed by atoms with Crippen LogP contribution in [0, 0.1) is 0 Å². The second-order valence-corrected chi connectivity index (χ2v) is 38.7. The van der Waals surface area contributed by atoms with Crippen molar-refractivity contribution in [2.24, 2.45) is 0 Å². The van der Waals surface area contributed by atoms with Gasteiger partial charge in [-0.2, -0.15) is 0 Å². The summed E-state index contributed by atoms with van der Waals surface area (Å²) in [6, 6.07) is 136. The molecule has 125 heavy (non-hydrogen) atoms. The van der Waals surface area contributed by atoms with Crippen molar-refractivity contribution in [2.75, 3.05) is 9.80 Å². The van der Waals surface area contributed by atoms with E-state index in [2.05, 4.69) is 460 Å². The number of benzene rings is 17. The molecule has 17 aromatic carbocycles. The minimum Gasteiger partial charge on any atom is -0.456 e. The van der Waals surface area contributed by atoms with E-state index in [0.717, 1.165) is 178 Å². The summed E-state index contributed by atoms with van der Waals surface area (Å²) >= 11 is 0. The van der Waals surface area contributed by atoms with Crippen LogP contribution in [0.15, 0.2) is 367 Å².